The fourth-order valence-corrected chi connectivity index (χ4v) is 2.29. The van der Waals surface area contributed by atoms with E-state index in [4.69, 9.17) is 10.5 Å². The quantitative estimate of drug-likeness (QED) is 0.199. The van der Waals surface area contributed by atoms with Crippen LogP contribution in [0.15, 0.2) is 29.2 Å². The van der Waals surface area contributed by atoms with E-state index in [0.717, 1.165) is 4.90 Å². The maximum absolute atomic E-state index is 11.6. The third-order valence-electron chi connectivity index (χ3n) is 2.81. The smallest absolute Gasteiger partial charge is 0.324 e. The molecule has 1 aromatic carbocycles. The van der Waals surface area contributed by atoms with Gasteiger partial charge in [0.05, 0.1) is 18.6 Å². The Morgan fingerprint density at radius 3 is 2.62 bits per heavy atom. The van der Waals surface area contributed by atoms with Crippen LogP contribution >= 0.6 is 11.8 Å². The van der Waals surface area contributed by atoms with Crippen LogP contribution in [-0.4, -0.2) is 55.5 Å². The molecule has 0 spiro atoms. The summed E-state index contributed by atoms with van der Waals surface area (Å²) in [5.74, 6) is -0.530. The van der Waals surface area contributed by atoms with Crippen molar-refractivity contribution in [3.63, 3.8) is 0 Å². The predicted octanol–water partition coefficient (Wildman–Crippen LogP) is 0.320. The molecule has 132 valence electrons. The van der Waals surface area contributed by atoms with E-state index in [1.807, 2.05) is 0 Å². The van der Waals surface area contributed by atoms with Gasteiger partial charge in [0, 0.05) is 29.3 Å². The molecule has 0 aliphatic heterocycles. The number of carbonyl (C=O) groups excluding carboxylic acids is 2. The van der Waals surface area contributed by atoms with Crippen LogP contribution in [0.4, 0.5) is 5.69 Å². The van der Waals surface area contributed by atoms with E-state index in [9.17, 15) is 19.7 Å². The van der Waals surface area contributed by atoms with Crippen LogP contribution in [0.1, 0.15) is 0 Å². The monoisotopic (exact) mass is 357 g/mol. The number of methoxy groups -OCH3 is 1. The number of non-ortho nitro benzene ring substituents is 1. The number of hydrogen-bond donors (Lipinski definition) is 2. The number of benzene rings is 1. The van der Waals surface area contributed by atoms with Crippen LogP contribution in [-0.2, 0) is 19.1 Å². The van der Waals surface area contributed by atoms with E-state index in [-0.39, 0.29) is 25.4 Å². The largest absolute Gasteiger partial charge is 0.468 e. The standard InChI is InChI=1S/C14H19N3O6S/c1-22-13(18)9-16-8-12(15)14(19)23-6-7-24-11-4-2-10(3-5-11)17(20)21/h2-5,12,16H,6-9,15H2,1H3. The Balaban J connectivity index is 2.20. The number of nitrogens with zero attached hydrogens (tertiary/aromatic N) is 1. The van der Waals surface area contributed by atoms with Gasteiger partial charge in [-0.1, -0.05) is 0 Å². The van der Waals surface area contributed by atoms with E-state index in [1.165, 1.54) is 31.0 Å². The van der Waals surface area contributed by atoms with Gasteiger partial charge in [-0.2, -0.15) is 0 Å². The molecule has 1 atom stereocenters. The first-order valence-corrected chi connectivity index (χ1v) is 7.99. The number of esters is 2. The summed E-state index contributed by atoms with van der Waals surface area (Å²) in [6.07, 6.45) is 0. The summed E-state index contributed by atoms with van der Waals surface area (Å²) < 4.78 is 9.46. The number of nitro benzene ring substituents is 1. The zero-order valence-corrected chi connectivity index (χ0v) is 13.9. The zero-order valence-electron chi connectivity index (χ0n) is 13.1. The second kappa shape index (κ2) is 10.6. The van der Waals surface area contributed by atoms with Gasteiger partial charge >= 0.3 is 11.9 Å². The van der Waals surface area contributed by atoms with Crippen molar-refractivity contribution in [2.45, 2.75) is 10.9 Å². The Morgan fingerprint density at radius 2 is 2.04 bits per heavy atom. The molecule has 1 aromatic rings. The lowest BCUT2D eigenvalue weighted by Gasteiger charge is -2.12. The predicted molar refractivity (Wildman–Crippen MR) is 87.6 cm³/mol. The Kier molecular flexibility index (Phi) is 8.76. The summed E-state index contributed by atoms with van der Waals surface area (Å²) in [4.78, 5) is 33.4. The molecule has 0 aromatic heterocycles. The SMILES string of the molecule is COC(=O)CNCC(N)C(=O)OCCSc1ccc([N+](=O)[O-])cc1. The van der Waals surface area contributed by atoms with Crippen molar-refractivity contribution < 1.29 is 24.0 Å². The summed E-state index contributed by atoms with van der Waals surface area (Å²) in [6.45, 7) is 0.224. The van der Waals surface area contributed by atoms with Crippen molar-refractivity contribution in [2.75, 3.05) is 32.6 Å². The topological polar surface area (TPSA) is 134 Å². The number of nitrogens with one attached hydrogen (secondary N) is 1. The molecule has 0 heterocycles. The molecule has 24 heavy (non-hydrogen) atoms. The average Bonchev–Trinajstić information content (AvgIpc) is 2.58. The van der Waals surface area contributed by atoms with Crippen molar-refractivity contribution in [1.29, 1.82) is 0 Å². The van der Waals surface area contributed by atoms with Gasteiger partial charge in [-0.05, 0) is 12.1 Å². The molecule has 0 saturated carbocycles. The first-order valence-electron chi connectivity index (χ1n) is 7.01. The van der Waals surface area contributed by atoms with Gasteiger partial charge in [-0.15, -0.1) is 11.8 Å². The number of rotatable bonds is 10. The van der Waals surface area contributed by atoms with E-state index < -0.39 is 22.9 Å². The van der Waals surface area contributed by atoms with Crippen molar-refractivity contribution in [2.24, 2.45) is 5.73 Å². The van der Waals surface area contributed by atoms with E-state index in [1.54, 1.807) is 12.1 Å². The summed E-state index contributed by atoms with van der Waals surface area (Å²) in [5, 5.41) is 13.2. The van der Waals surface area contributed by atoms with Gasteiger partial charge in [-0.25, -0.2) is 0 Å². The fourth-order valence-electron chi connectivity index (χ4n) is 1.56. The molecule has 3 N–H and O–H groups in total. The van der Waals surface area contributed by atoms with Crippen LogP contribution in [0.3, 0.4) is 0 Å². The van der Waals surface area contributed by atoms with Crippen molar-refractivity contribution in [1.82, 2.24) is 5.32 Å². The maximum Gasteiger partial charge on any atom is 0.324 e. The number of thioether (sulfide) groups is 1. The van der Waals surface area contributed by atoms with Crippen LogP contribution in [0.2, 0.25) is 0 Å². The van der Waals surface area contributed by atoms with Crippen molar-refractivity contribution in [3.05, 3.63) is 34.4 Å². The minimum atomic E-state index is -0.876. The Morgan fingerprint density at radius 1 is 1.38 bits per heavy atom. The highest BCUT2D eigenvalue weighted by Crippen LogP contribution is 2.21. The molecule has 10 heteroatoms. The third kappa shape index (κ3) is 7.40. The minimum Gasteiger partial charge on any atom is -0.468 e. The highest BCUT2D eigenvalue weighted by atomic mass is 32.2. The second-order valence-electron chi connectivity index (χ2n) is 4.58. The molecular weight excluding hydrogens is 338 g/mol. The van der Waals surface area contributed by atoms with Gasteiger partial charge in [0.25, 0.3) is 5.69 Å². The van der Waals surface area contributed by atoms with E-state index in [2.05, 4.69) is 10.1 Å². The van der Waals surface area contributed by atoms with Crippen LogP contribution in [0, 0.1) is 10.1 Å². The maximum atomic E-state index is 11.6. The zero-order chi connectivity index (χ0) is 17.9. The third-order valence-corrected chi connectivity index (χ3v) is 3.78. The molecule has 0 saturated heterocycles. The highest BCUT2D eigenvalue weighted by molar-refractivity contribution is 7.99. The lowest BCUT2D eigenvalue weighted by atomic mass is 10.3. The summed E-state index contributed by atoms with van der Waals surface area (Å²) in [5.41, 5.74) is 5.65. The van der Waals surface area contributed by atoms with Gasteiger partial charge < -0.3 is 20.5 Å². The van der Waals surface area contributed by atoms with Crippen LogP contribution < -0.4 is 11.1 Å². The molecule has 0 bridgehead atoms. The van der Waals surface area contributed by atoms with Gasteiger partial charge in [-0.3, -0.25) is 19.7 Å². The Hall–Kier alpha value is -2.17. The summed E-state index contributed by atoms with van der Waals surface area (Å²) in [7, 11) is 1.26. The molecule has 0 amide bonds. The lowest BCUT2D eigenvalue weighted by Crippen LogP contribution is -2.43. The minimum absolute atomic E-state index is 0.0243. The Bertz CT molecular complexity index is 566. The van der Waals surface area contributed by atoms with Crippen molar-refractivity contribution >= 4 is 29.4 Å². The first kappa shape index (κ1) is 19.9. The Labute approximate surface area is 143 Å². The highest BCUT2D eigenvalue weighted by Gasteiger charge is 2.15. The van der Waals surface area contributed by atoms with Crippen LogP contribution in [0.25, 0.3) is 0 Å². The average molecular weight is 357 g/mol. The number of carbonyl (C=O) groups is 2. The van der Waals surface area contributed by atoms with E-state index in [0.29, 0.717) is 5.75 Å². The first-order chi connectivity index (χ1) is 11.4. The molecule has 9 nitrogen and oxygen atoms in total. The summed E-state index contributed by atoms with van der Waals surface area (Å²) in [6, 6.07) is 5.22. The molecule has 0 aliphatic rings. The molecule has 0 aliphatic carbocycles. The van der Waals surface area contributed by atoms with Gasteiger partial charge in [0.15, 0.2) is 0 Å². The number of nitrogens with two attached hydrogens (primary N) is 1. The van der Waals surface area contributed by atoms with E-state index >= 15 is 0 Å². The number of nitro groups is 1. The van der Waals surface area contributed by atoms with Gasteiger partial charge in [0.1, 0.15) is 12.6 Å². The molecule has 1 rings (SSSR count). The van der Waals surface area contributed by atoms with Crippen molar-refractivity contribution in [3.8, 4) is 0 Å². The molecule has 0 fully saturated rings. The van der Waals surface area contributed by atoms with Gasteiger partial charge in [0.2, 0.25) is 0 Å². The lowest BCUT2D eigenvalue weighted by molar-refractivity contribution is -0.384. The molecular formula is C14H19N3O6S. The number of ether oxygens (including phenoxy) is 2. The normalized spacial score (nSPS) is 11.6. The molecule has 0 radical (unpaired) electrons. The van der Waals surface area contributed by atoms with Crippen LogP contribution in [0.5, 0.6) is 0 Å². The summed E-state index contributed by atoms with van der Waals surface area (Å²) >= 11 is 1.40. The number of hydrogen-bond acceptors (Lipinski definition) is 9. The second-order valence-corrected chi connectivity index (χ2v) is 5.75. The fraction of sp³-hybridized carbons (Fsp3) is 0.429. The molecule has 1 unspecified atom stereocenters.